The standard InChI is InChI=1S/C11H10ClN3O3/c1-5-4-7-8(17)9(12)13-14(3)10(7)15(6(2)16)11(5)18/h4H,1-3H3. The largest absolute Gasteiger partial charge is 0.286 e. The van der Waals surface area contributed by atoms with E-state index in [2.05, 4.69) is 5.10 Å². The quantitative estimate of drug-likeness (QED) is 0.705. The first-order valence-corrected chi connectivity index (χ1v) is 5.52. The van der Waals surface area contributed by atoms with Crippen LogP contribution in [-0.4, -0.2) is 20.3 Å². The van der Waals surface area contributed by atoms with Gasteiger partial charge in [0.15, 0.2) is 5.15 Å². The van der Waals surface area contributed by atoms with E-state index in [1.807, 2.05) is 0 Å². The Balaban J connectivity index is 3.22. The van der Waals surface area contributed by atoms with E-state index in [0.29, 0.717) is 5.56 Å². The number of aromatic nitrogens is 3. The van der Waals surface area contributed by atoms with Crippen LogP contribution in [0.25, 0.3) is 11.0 Å². The summed E-state index contributed by atoms with van der Waals surface area (Å²) in [6.45, 7) is 2.79. The topological polar surface area (TPSA) is 74.0 Å². The van der Waals surface area contributed by atoms with Crippen LogP contribution in [0.5, 0.6) is 0 Å². The van der Waals surface area contributed by atoms with E-state index in [9.17, 15) is 14.4 Å². The van der Waals surface area contributed by atoms with Gasteiger partial charge in [-0.2, -0.15) is 5.10 Å². The maximum atomic E-state index is 11.9. The Morgan fingerprint density at radius 3 is 2.56 bits per heavy atom. The van der Waals surface area contributed by atoms with Gasteiger partial charge in [-0.1, -0.05) is 11.6 Å². The van der Waals surface area contributed by atoms with Crippen LogP contribution in [0.2, 0.25) is 5.15 Å². The second-order valence-electron chi connectivity index (χ2n) is 3.97. The Labute approximate surface area is 106 Å². The minimum absolute atomic E-state index is 0.146. The van der Waals surface area contributed by atoms with Gasteiger partial charge in [0.1, 0.15) is 5.65 Å². The molecule has 0 amide bonds. The highest BCUT2D eigenvalue weighted by Crippen LogP contribution is 2.10. The number of carbonyl (C=O) groups excluding carboxylic acids is 1. The third-order valence-electron chi connectivity index (χ3n) is 2.65. The van der Waals surface area contributed by atoms with Gasteiger partial charge in [-0.15, -0.1) is 0 Å². The summed E-state index contributed by atoms with van der Waals surface area (Å²) in [5.74, 6) is -0.479. The zero-order valence-corrected chi connectivity index (χ0v) is 10.8. The fourth-order valence-corrected chi connectivity index (χ4v) is 2.06. The van der Waals surface area contributed by atoms with E-state index in [0.717, 1.165) is 4.57 Å². The van der Waals surface area contributed by atoms with Crippen LogP contribution in [0.15, 0.2) is 15.7 Å². The molecule has 0 aromatic carbocycles. The molecule has 0 aliphatic rings. The van der Waals surface area contributed by atoms with Gasteiger partial charge in [-0.05, 0) is 13.0 Å². The maximum absolute atomic E-state index is 11.9. The Kier molecular flexibility index (Phi) is 2.82. The molecular weight excluding hydrogens is 258 g/mol. The molecule has 0 spiro atoms. The summed E-state index contributed by atoms with van der Waals surface area (Å²) in [6.07, 6.45) is 0. The number of carbonyl (C=O) groups is 1. The number of halogens is 1. The average molecular weight is 268 g/mol. The minimum Gasteiger partial charge on any atom is -0.286 e. The van der Waals surface area contributed by atoms with Crippen molar-refractivity contribution in [1.29, 1.82) is 0 Å². The minimum atomic E-state index is -0.497. The Hall–Kier alpha value is -1.95. The molecule has 0 N–H and O–H groups in total. The lowest BCUT2D eigenvalue weighted by molar-refractivity contribution is 0.0936. The van der Waals surface area contributed by atoms with Crippen molar-refractivity contribution in [2.75, 3.05) is 0 Å². The Bertz CT molecular complexity index is 789. The molecule has 0 aliphatic heterocycles. The fraction of sp³-hybridized carbons (Fsp3) is 0.273. The van der Waals surface area contributed by atoms with Crippen LogP contribution < -0.4 is 11.0 Å². The number of hydrogen-bond acceptors (Lipinski definition) is 4. The van der Waals surface area contributed by atoms with Gasteiger partial charge in [0.2, 0.25) is 11.3 Å². The number of fused-ring (bicyclic) bond motifs is 1. The number of nitrogens with zero attached hydrogens (tertiary/aromatic N) is 3. The van der Waals surface area contributed by atoms with Gasteiger partial charge in [-0.3, -0.25) is 14.4 Å². The molecule has 2 aromatic rings. The Morgan fingerprint density at radius 1 is 1.39 bits per heavy atom. The number of pyridine rings is 1. The summed E-state index contributed by atoms with van der Waals surface area (Å²) in [4.78, 5) is 35.4. The highest BCUT2D eigenvalue weighted by molar-refractivity contribution is 6.29. The van der Waals surface area contributed by atoms with E-state index in [1.165, 1.54) is 31.6 Å². The molecule has 94 valence electrons. The molecule has 0 saturated heterocycles. The second kappa shape index (κ2) is 4.06. The van der Waals surface area contributed by atoms with Crippen molar-refractivity contribution in [1.82, 2.24) is 14.3 Å². The van der Waals surface area contributed by atoms with Gasteiger partial charge >= 0.3 is 0 Å². The third kappa shape index (κ3) is 1.65. The summed E-state index contributed by atoms with van der Waals surface area (Å²) in [7, 11) is 1.52. The molecular formula is C11H10ClN3O3. The normalized spacial score (nSPS) is 10.9. The van der Waals surface area contributed by atoms with Gasteiger partial charge in [0, 0.05) is 19.5 Å². The van der Waals surface area contributed by atoms with E-state index in [1.54, 1.807) is 0 Å². The summed E-state index contributed by atoms with van der Waals surface area (Å²) in [5, 5.41) is 3.78. The molecule has 2 heterocycles. The molecule has 0 unspecified atom stereocenters. The van der Waals surface area contributed by atoms with Crippen LogP contribution in [0, 0.1) is 6.92 Å². The maximum Gasteiger partial charge on any atom is 0.261 e. The van der Waals surface area contributed by atoms with E-state index in [-0.39, 0.29) is 16.2 Å². The first-order valence-electron chi connectivity index (χ1n) is 5.14. The molecule has 0 aliphatic carbocycles. The monoisotopic (exact) mass is 267 g/mol. The zero-order chi connectivity index (χ0) is 13.6. The highest BCUT2D eigenvalue weighted by atomic mass is 35.5. The molecule has 0 radical (unpaired) electrons. The van der Waals surface area contributed by atoms with Gasteiger partial charge in [0.05, 0.1) is 5.39 Å². The summed E-state index contributed by atoms with van der Waals surface area (Å²) >= 11 is 5.70. The van der Waals surface area contributed by atoms with Crippen molar-refractivity contribution >= 4 is 28.5 Å². The zero-order valence-electron chi connectivity index (χ0n) is 10.0. The molecule has 0 atom stereocenters. The third-order valence-corrected chi connectivity index (χ3v) is 2.89. The van der Waals surface area contributed by atoms with Crippen LogP contribution >= 0.6 is 11.6 Å². The summed E-state index contributed by atoms with van der Waals surface area (Å²) in [5.41, 5.74) is -0.512. The average Bonchev–Trinajstić information content (AvgIpc) is 2.28. The smallest absolute Gasteiger partial charge is 0.261 e. The van der Waals surface area contributed by atoms with E-state index in [4.69, 9.17) is 11.6 Å². The number of hydrogen-bond donors (Lipinski definition) is 0. The molecule has 0 saturated carbocycles. The second-order valence-corrected chi connectivity index (χ2v) is 4.33. The molecule has 0 bridgehead atoms. The van der Waals surface area contributed by atoms with Crippen molar-refractivity contribution in [3.63, 3.8) is 0 Å². The van der Waals surface area contributed by atoms with Crippen LogP contribution in [0.1, 0.15) is 17.3 Å². The molecule has 18 heavy (non-hydrogen) atoms. The SMILES string of the molecule is CC(=O)n1c(=O)c(C)cc2c(=O)c(Cl)nn(C)c21. The first-order chi connectivity index (χ1) is 8.34. The van der Waals surface area contributed by atoms with E-state index >= 15 is 0 Å². The summed E-state index contributed by atoms with van der Waals surface area (Å²) in [6, 6.07) is 1.42. The van der Waals surface area contributed by atoms with Gasteiger partial charge < -0.3 is 0 Å². The van der Waals surface area contributed by atoms with Gasteiger partial charge in [-0.25, -0.2) is 9.25 Å². The molecule has 2 rings (SSSR count). The van der Waals surface area contributed by atoms with Gasteiger partial charge in [0.25, 0.3) is 5.56 Å². The highest BCUT2D eigenvalue weighted by Gasteiger charge is 2.16. The van der Waals surface area contributed by atoms with Crippen molar-refractivity contribution in [3.8, 4) is 0 Å². The molecule has 2 aromatic heterocycles. The van der Waals surface area contributed by atoms with E-state index < -0.39 is 16.9 Å². The lowest BCUT2D eigenvalue weighted by Crippen LogP contribution is -2.31. The molecule has 6 nitrogen and oxygen atoms in total. The van der Waals surface area contributed by atoms with Crippen molar-refractivity contribution in [2.24, 2.45) is 7.05 Å². The van der Waals surface area contributed by atoms with Crippen molar-refractivity contribution in [3.05, 3.63) is 37.4 Å². The van der Waals surface area contributed by atoms with Crippen LogP contribution in [0.4, 0.5) is 0 Å². The number of rotatable bonds is 0. The van der Waals surface area contributed by atoms with Crippen molar-refractivity contribution in [2.45, 2.75) is 13.8 Å². The van der Waals surface area contributed by atoms with Crippen LogP contribution in [-0.2, 0) is 7.05 Å². The Morgan fingerprint density at radius 2 is 2.00 bits per heavy atom. The lowest BCUT2D eigenvalue weighted by Gasteiger charge is -2.11. The first kappa shape index (κ1) is 12.5. The van der Waals surface area contributed by atoms with Crippen molar-refractivity contribution < 1.29 is 4.79 Å². The molecule has 7 heteroatoms. The summed E-state index contributed by atoms with van der Waals surface area (Å²) < 4.78 is 2.18. The lowest BCUT2D eigenvalue weighted by atomic mass is 10.2. The number of aryl methyl sites for hydroxylation is 2. The van der Waals surface area contributed by atoms with Crippen LogP contribution in [0.3, 0.4) is 0 Å². The fourth-order valence-electron chi connectivity index (χ4n) is 1.85. The predicted molar refractivity (Wildman–Crippen MR) is 67.3 cm³/mol. The molecule has 0 fully saturated rings. The predicted octanol–water partition coefficient (Wildman–Crippen LogP) is 0.717.